The number of carbonyl (C=O) groups excluding carboxylic acids is 1. The molecule has 0 aliphatic carbocycles. The molecule has 0 atom stereocenters. The maximum Gasteiger partial charge on any atom is 0.416 e. The molecule has 0 aliphatic rings. The molecule has 3 N–H and O–H groups in total. The highest BCUT2D eigenvalue weighted by molar-refractivity contribution is 5.99. The van der Waals surface area contributed by atoms with Gasteiger partial charge in [0, 0.05) is 12.2 Å². The molecule has 6 heteroatoms. The fourth-order valence-corrected chi connectivity index (χ4v) is 1.19. The van der Waals surface area contributed by atoms with Gasteiger partial charge in [0.05, 0.1) is 11.1 Å². The molecule has 1 aromatic rings. The Balaban J connectivity index is 3.14. The largest absolute Gasteiger partial charge is 0.416 e. The summed E-state index contributed by atoms with van der Waals surface area (Å²) in [5.74, 6) is -0.605. The van der Waals surface area contributed by atoms with Gasteiger partial charge in [0.15, 0.2) is 0 Å². The normalized spacial score (nSPS) is 11.2. The zero-order chi connectivity index (χ0) is 12.3. The SMILES string of the molecule is CCNC(=O)c1cc(C(F)(F)F)ccc1N. The number of nitrogens with two attached hydrogens (primary N) is 1. The van der Waals surface area contributed by atoms with E-state index < -0.39 is 17.6 Å². The van der Waals surface area contributed by atoms with E-state index in [4.69, 9.17) is 5.73 Å². The summed E-state index contributed by atoms with van der Waals surface area (Å²) in [5.41, 5.74) is 4.42. The van der Waals surface area contributed by atoms with Gasteiger partial charge < -0.3 is 11.1 Å². The van der Waals surface area contributed by atoms with E-state index in [1.54, 1.807) is 6.92 Å². The summed E-state index contributed by atoms with van der Waals surface area (Å²) in [4.78, 5) is 11.4. The minimum Gasteiger partial charge on any atom is -0.398 e. The van der Waals surface area contributed by atoms with Crippen molar-refractivity contribution in [2.45, 2.75) is 13.1 Å². The number of hydrogen-bond donors (Lipinski definition) is 2. The van der Waals surface area contributed by atoms with Crippen molar-refractivity contribution in [2.75, 3.05) is 12.3 Å². The van der Waals surface area contributed by atoms with Crippen LogP contribution < -0.4 is 11.1 Å². The minimum atomic E-state index is -4.48. The molecule has 0 bridgehead atoms. The van der Waals surface area contributed by atoms with Crippen LogP contribution >= 0.6 is 0 Å². The van der Waals surface area contributed by atoms with E-state index in [9.17, 15) is 18.0 Å². The third-order valence-electron chi connectivity index (χ3n) is 1.96. The lowest BCUT2D eigenvalue weighted by molar-refractivity contribution is -0.137. The van der Waals surface area contributed by atoms with Crippen LogP contribution in [0.15, 0.2) is 18.2 Å². The van der Waals surface area contributed by atoms with E-state index in [1.807, 2.05) is 0 Å². The van der Waals surface area contributed by atoms with Crippen LogP contribution in [0.5, 0.6) is 0 Å². The van der Waals surface area contributed by atoms with E-state index in [-0.39, 0.29) is 11.3 Å². The number of halogens is 3. The second-order valence-corrected chi connectivity index (χ2v) is 3.16. The third kappa shape index (κ3) is 2.65. The molecule has 0 fully saturated rings. The fraction of sp³-hybridized carbons (Fsp3) is 0.300. The Morgan fingerprint density at radius 3 is 2.56 bits per heavy atom. The molecule has 3 nitrogen and oxygen atoms in total. The Bertz CT molecular complexity index is 402. The number of amides is 1. The van der Waals surface area contributed by atoms with Gasteiger partial charge in [-0.05, 0) is 25.1 Å². The maximum atomic E-state index is 12.4. The van der Waals surface area contributed by atoms with Gasteiger partial charge in [-0.2, -0.15) is 13.2 Å². The molecule has 1 aromatic carbocycles. The van der Waals surface area contributed by atoms with Crippen LogP contribution in [0.1, 0.15) is 22.8 Å². The fourth-order valence-electron chi connectivity index (χ4n) is 1.19. The minimum absolute atomic E-state index is 0.0268. The number of nitrogen functional groups attached to an aromatic ring is 1. The second-order valence-electron chi connectivity index (χ2n) is 3.16. The van der Waals surface area contributed by atoms with Crippen LogP contribution in [-0.4, -0.2) is 12.5 Å². The van der Waals surface area contributed by atoms with Gasteiger partial charge >= 0.3 is 6.18 Å². The summed E-state index contributed by atoms with van der Waals surface area (Å²) in [5, 5.41) is 2.40. The molecule has 88 valence electrons. The van der Waals surface area contributed by atoms with Crippen LogP contribution in [0, 0.1) is 0 Å². The predicted molar refractivity (Wildman–Crippen MR) is 53.9 cm³/mol. The van der Waals surface area contributed by atoms with Gasteiger partial charge in [0.25, 0.3) is 5.91 Å². The zero-order valence-corrected chi connectivity index (χ0v) is 8.56. The third-order valence-corrected chi connectivity index (χ3v) is 1.96. The summed E-state index contributed by atoms with van der Waals surface area (Å²) < 4.78 is 37.1. The molecule has 0 spiro atoms. The average Bonchev–Trinajstić information content (AvgIpc) is 2.16. The molecule has 0 aromatic heterocycles. The number of alkyl halides is 3. The van der Waals surface area contributed by atoms with Gasteiger partial charge in [0.2, 0.25) is 0 Å². The standard InChI is InChI=1S/C10H11F3N2O/c1-2-15-9(16)7-5-6(10(11,12)13)3-4-8(7)14/h3-5H,2,14H2,1H3,(H,15,16). The van der Waals surface area contributed by atoms with Crippen molar-refractivity contribution >= 4 is 11.6 Å². The Kier molecular flexibility index (Phi) is 3.41. The number of hydrogen-bond acceptors (Lipinski definition) is 2. The lowest BCUT2D eigenvalue weighted by Crippen LogP contribution is -2.24. The van der Waals surface area contributed by atoms with Crippen molar-refractivity contribution in [2.24, 2.45) is 0 Å². The van der Waals surface area contributed by atoms with Crippen LogP contribution in [0.25, 0.3) is 0 Å². The summed E-state index contributed by atoms with van der Waals surface area (Å²) >= 11 is 0. The summed E-state index contributed by atoms with van der Waals surface area (Å²) in [6, 6.07) is 2.67. The molecular weight excluding hydrogens is 221 g/mol. The molecule has 0 aliphatic heterocycles. The van der Waals surface area contributed by atoms with Crippen molar-refractivity contribution in [3.8, 4) is 0 Å². The molecule has 0 saturated carbocycles. The highest BCUT2D eigenvalue weighted by Gasteiger charge is 2.31. The Labute approximate surface area is 90.4 Å². The lowest BCUT2D eigenvalue weighted by atomic mass is 10.1. The van der Waals surface area contributed by atoms with E-state index in [2.05, 4.69) is 5.32 Å². The van der Waals surface area contributed by atoms with Crippen molar-refractivity contribution < 1.29 is 18.0 Å². The van der Waals surface area contributed by atoms with Crippen LogP contribution in [0.4, 0.5) is 18.9 Å². The summed E-state index contributed by atoms with van der Waals surface area (Å²) in [7, 11) is 0. The van der Waals surface area contributed by atoms with Crippen molar-refractivity contribution in [1.29, 1.82) is 0 Å². The Hall–Kier alpha value is -1.72. The van der Waals surface area contributed by atoms with Crippen LogP contribution in [0.3, 0.4) is 0 Å². The molecule has 1 amide bonds. The number of carbonyl (C=O) groups is 1. The number of nitrogens with one attached hydrogen (secondary N) is 1. The van der Waals surface area contributed by atoms with Gasteiger partial charge in [-0.25, -0.2) is 0 Å². The second kappa shape index (κ2) is 4.42. The molecule has 0 saturated heterocycles. The highest BCUT2D eigenvalue weighted by Crippen LogP contribution is 2.31. The summed E-state index contributed by atoms with van der Waals surface area (Å²) in [6.07, 6.45) is -4.48. The van der Waals surface area contributed by atoms with Gasteiger partial charge in [-0.3, -0.25) is 4.79 Å². The average molecular weight is 232 g/mol. The van der Waals surface area contributed by atoms with Gasteiger partial charge in [0.1, 0.15) is 0 Å². The number of rotatable bonds is 2. The smallest absolute Gasteiger partial charge is 0.398 e. The quantitative estimate of drug-likeness (QED) is 0.766. The molecule has 0 unspecified atom stereocenters. The van der Waals surface area contributed by atoms with E-state index in [0.29, 0.717) is 6.54 Å². The first-order valence-electron chi connectivity index (χ1n) is 4.61. The monoisotopic (exact) mass is 232 g/mol. The Morgan fingerprint density at radius 1 is 1.44 bits per heavy atom. The molecule has 0 radical (unpaired) electrons. The van der Waals surface area contributed by atoms with Gasteiger partial charge in [-0.15, -0.1) is 0 Å². The van der Waals surface area contributed by atoms with Crippen molar-refractivity contribution in [3.05, 3.63) is 29.3 Å². The van der Waals surface area contributed by atoms with E-state index >= 15 is 0 Å². The first-order valence-corrected chi connectivity index (χ1v) is 4.61. The number of anilines is 1. The predicted octanol–water partition coefficient (Wildman–Crippen LogP) is 2.04. The zero-order valence-electron chi connectivity index (χ0n) is 8.56. The van der Waals surface area contributed by atoms with Crippen molar-refractivity contribution in [1.82, 2.24) is 5.32 Å². The lowest BCUT2D eigenvalue weighted by Gasteiger charge is -2.10. The van der Waals surface area contributed by atoms with E-state index in [1.165, 1.54) is 0 Å². The molecular formula is C10H11F3N2O. The summed E-state index contributed by atoms with van der Waals surface area (Å²) in [6.45, 7) is 2.00. The maximum absolute atomic E-state index is 12.4. The molecule has 16 heavy (non-hydrogen) atoms. The van der Waals surface area contributed by atoms with Crippen molar-refractivity contribution in [3.63, 3.8) is 0 Å². The molecule has 1 rings (SSSR count). The molecule has 0 heterocycles. The van der Waals surface area contributed by atoms with Gasteiger partial charge in [-0.1, -0.05) is 0 Å². The topological polar surface area (TPSA) is 55.1 Å². The Morgan fingerprint density at radius 2 is 2.06 bits per heavy atom. The number of benzene rings is 1. The first-order chi connectivity index (χ1) is 7.36. The van der Waals surface area contributed by atoms with Crippen LogP contribution in [0.2, 0.25) is 0 Å². The first kappa shape index (κ1) is 12.4. The highest BCUT2D eigenvalue weighted by atomic mass is 19.4. The van der Waals surface area contributed by atoms with Crippen LogP contribution in [-0.2, 0) is 6.18 Å². The van der Waals surface area contributed by atoms with E-state index in [0.717, 1.165) is 18.2 Å².